The maximum absolute atomic E-state index is 12.6. The van der Waals surface area contributed by atoms with Gasteiger partial charge in [0.15, 0.2) is 6.10 Å². The van der Waals surface area contributed by atoms with Crippen LogP contribution in [-0.4, -0.2) is 85.0 Å². The third kappa shape index (κ3) is 8.16. The molecule has 4 rings (SSSR count). The van der Waals surface area contributed by atoms with Gasteiger partial charge in [-0.2, -0.15) is 0 Å². The predicted octanol–water partition coefficient (Wildman–Crippen LogP) is 1.92. The summed E-state index contributed by atoms with van der Waals surface area (Å²) in [4.78, 5) is 24.9. The molecule has 3 aromatic carbocycles. The van der Waals surface area contributed by atoms with Crippen molar-refractivity contribution in [3.8, 4) is 34.5 Å². The molecule has 226 valence electrons. The number of benzene rings is 3. The van der Waals surface area contributed by atoms with Gasteiger partial charge in [0.1, 0.15) is 59.4 Å². The molecule has 1 aliphatic rings. The van der Waals surface area contributed by atoms with Gasteiger partial charge in [-0.05, 0) is 72.8 Å². The molecule has 1 unspecified atom stereocenters. The first-order valence-corrected chi connectivity index (χ1v) is 12.7. The average Bonchev–Trinajstić information content (AvgIpc) is 2.98. The second-order valence-corrected chi connectivity index (χ2v) is 9.32. The van der Waals surface area contributed by atoms with Crippen molar-refractivity contribution in [1.29, 1.82) is 0 Å². The van der Waals surface area contributed by atoms with E-state index >= 15 is 0 Å². The topological polar surface area (TPSA) is 213 Å². The molecular weight excluding hydrogens is 568 g/mol. The number of hydrogen-bond donors (Lipinski definition) is 7. The maximum Gasteiger partial charge on any atom is 0.331 e. The monoisotopic (exact) mass is 596 g/mol. The van der Waals surface area contributed by atoms with Crippen molar-refractivity contribution < 1.29 is 64.3 Å². The lowest BCUT2D eigenvalue weighted by Gasteiger charge is -2.41. The van der Waals surface area contributed by atoms with Gasteiger partial charge >= 0.3 is 11.9 Å². The van der Waals surface area contributed by atoms with Crippen LogP contribution in [0.5, 0.6) is 34.5 Å². The SMILES string of the molecule is O=C(/C=C/c1cc(O)ccc1O)OC[C@H]1O[C@@H](Oc2ccc(O)cc2)C(OC(=O)/C=C/c2cc(O)ccc2O)[C@@H](O)[C@@H]1O. The van der Waals surface area contributed by atoms with Crippen molar-refractivity contribution in [1.82, 2.24) is 0 Å². The van der Waals surface area contributed by atoms with Crippen LogP contribution in [0.1, 0.15) is 11.1 Å². The zero-order chi connectivity index (χ0) is 31.1. The number of rotatable bonds is 9. The number of ether oxygens (including phenoxy) is 4. The number of aliphatic hydroxyl groups is 2. The summed E-state index contributed by atoms with van der Waals surface area (Å²) in [5, 5.41) is 70.0. The Kier molecular flexibility index (Phi) is 9.72. The van der Waals surface area contributed by atoms with Gasteiger partial charge in [0.25, 0.3) is 0 Å². The van der Waals surface area contributed by atoms with E-state index in [0.29, 0.717) is 0 Å². The molecule has 7 N–H and O–H groups in total. The van der Waals surface area contributed by atoms with E-state index in [1.165, 1.54) is 66.7 Å². The summed E-state index contributed by atoms with van der Waals surface area (Å²) < 4.78 is 21.9. The Morgan fingerprint density at radius 3 is 1.84 bits per heavy atom. The van der Waals surface area contributed by atoms with E-state index in [1.807, 2.05) is 0 Å². The van der Waals surface area contributed by atoms with Crippen LogP contribution in [0.25, 0.3) is 12.2 Å². The minimum Gasteiger partial charge on any atom is -0.508 e. The largest absolute Gasteiger partial charge is 0.508 e. The molecule has 0 aliphatic carbocycles. The fourth-order valence-corrected chi connectivity index (χ4v) is 3.97. The van der Waals surface area contributed by atoms with Crippen molar-refractivity contribution in [2.24, 2.45) is 0 Å². The summed E-state index contributed by atoms with van der Waals surface area (Å²) >= 11 is 0. The third-order valence-electron chi connectivity index (χ3n) is 6.20. The minimum absolute atomic E-state index is 0.0624. The van der Waals surface area contributed by atoms with Gasteiger partial charge in [-0.25, -0.2) is 9.59 Å². The summed E-state index contributed by atoms with van der Waals surface area (Å²) in [7, 11) is 0. The molecule has 1 heterocycles. The number of phenols is 5. The van der Waals surface area contributed by atoms with Crippen molar-refractivity contribution in [3.05, 3.63) is 83.9 Å². The number of hydrogen-bond acceptors (Lipinski definition) is 13. The lowest BCUT2D eigenvalue weighted by Crippen LogP contribution is -2.61. The molecule has 3 aromatic rings. The standard InChI is InChI=1S/C30H28O13/c31-18-3-7-21(8-4-18)41-30-29(43-26(37)12-2-17-14-20(33)6-10-23(17)35)28(39)27(38)24(42-30)15-40-25(36)11-1-16-13-19(32)5-9-22(16)34/h1-14,24,27-35,38-39H,15H2/b11-1+,12-2+/t24-,27-,28+,29?,30-/m1/s1. The first-order chi connectivity index (χ1) is 20.5. The van der Waals surface area contributed by atoms with E-state index < -0.39 is 49.3 Å². The molecule has 0 saturated carbocycles. The summed E-state index contributed by atoms with van der Waals surface area (Å²) in [6.45, 7) is -0.569. The van der Waals surface area contributed by atoms with E-state index in [4.69, 9.17) is 18.9 Å². The second kappa shape index (κ2) is 13.6. The molecule has 0 radical (unpaired) electrons. The third-order valence-corrected chi connectivity index (χ3v) is 6.20. The fourth-order valence-electron chi connectivity index (χ4n) is 3.97. The fraction of sp³-hybridized carbons (Fsp3) is 0.200. The smallest absolute Gasteiger partial charge is 0.331 e. The number of aromatic hydroxyl groups is 5. The zero-order valence-electron chi connectivity index (χ0n) is 22.3. The van der Waals surface area contributed by atoms with Crippen molar-refractivity contribution in [2.45, 2.75) is 30.7 Å². The van der Waals surface area contributed by atoms with E-state index in [0.717, 1.165) is 18.2 Å². The average molecular weight is 597 g/mol. The van der Waals surface area contributed by atoms with Crippen molar-refractivity contribution in [3.63, 3.8) is 0 Å². The summed E-state index contributed by atoms with van der Waals surface area (Å²) in [5.41, 5.74) is 0.242. The molecule has 1 fully saturated rings. The van der Waals surface area contributed by atoms with Gasteiger partial charge in [0.2, 0.25) is 6.29 Å². The van der Waals surface area contributed by atoms with Gasteiger partial charge in [0.05, 0.1) is 0 Å². The molecule has 1 aliphatic heterocycles. The Morgan fingerprint density at radius 1 is 0.721 bits per heavy atom. The molecule has 0 aromatic heterocycles. The molecular formula is C30H28O13. The lowest BCUT2D eigenvalue weighted by molar-refractivity contribution is -0.281. The Labute approximate surface area is 244 Å². The van der Waals surface area contributed by atoms with Gasteiger partial charge in [-0.3, -0.25) is 0 Å². The molecule has 13 nitrogen and oxygen atoms in total. The van der Waals surface area contributed by atoms with Crippen LogP contribution in [0, 0.1) is 0 Å². The molecule has 0 spiro atoms. The molecule has 0 bridgehead atoms. The Morgan fingerprint density at radius 2 is 1.26 bits per heavy atom. The van der Waals surface area contributed by atoms with Crippen LogP contribution >= 0.6 is 0 Å². The number of esters is 2. The highest BCUT2D eigenvalue weighted by Crippen LogP contribution is 2.29. The van der Waals surface area contributed by atoms with E-state index in [2.05, 4.69) is 0 Å². The van der Waals surface area contributed by atoms with Crippen LogP contribution in [0.15, 0.2) is 72.8 Å². The van der Waals surface area contributed by atoms with Crippen LogP contribution in [0.4, 0.5) is 0 Å². The molecule has 43 heavy (non-hydrogen) atoms. The Hall–Kier alpha value is -5.24. The zero-order valence-corrected chi connectivity index (χ0v) is 22.3. The first-order valence-electron chi connectivity index (χ1n) is 12.7. The second-order valence-electron chi connectivity index (χ2n) is 9.32. The van der Waals surface area contributed by atoms with Crippen LogP contribution < -0.4 is 4.74 Å². The highest BCUT2D eigenvalue weighted by atomic mass is 16.7. The number of carbonyl (C=O) groups excluding carboxylic acids is 2. The van der Waals surface area contributed by atoms with Gasteiger partial charge in [0, 0.05) is 23.3 Å². The molecule has 1 saturated heterocycles. The molecule has 0 amide bonds. The molecule has 13 heteroatoms. The van der Waals surface area contributed by atoms with Gasteiger partial charge in [-0.15, -0.1) is 0 Å². The number of aliphatic hydroxyl groups excluding tert-OH is 2. The summed E-state index contributed by atoms with van der Waals surface area (Å²) in [6, 6.07) is 12.7. The first kappa shape index (κ1) is 30.7. The lowest BCUT2D eigenvalue weighted by atomic mass is 9.99. The van der Waals surface area contributed by atoms with Crippen LogP contribution in [0.2, 0.25) is 0 Å². The van der Waals surface area contributed by atoms with Crippen molar-refractivity contribution >= 4 is 24.1 Å². The molecule has 5 atom stereocenters. The quantitative estimate of drug-likeness (QED) is 0.107. The maximum atomic E-state index is 12.6. The Balaban J connectivity index is 1.46. The minimum atomic E-state index is -1.79. The van der Waals surface area contributed by atoms with E-state index in [-0.39, 0.29) is 45.6 Å². The number of phenolic OH excluding ortho intramolecular Hbond substituents is 5. The van der Waals surface area contributed by atoms with Crippen molar-refractivity contribution in [2.75, 3.05) is 6.61 Å². The normalized spacial score (nSPS) is 22.0. The van der Waals surface area contributed by atoms with Gasteiger partial charge < -0.3 is 54.7 Å². The van der Waals surface area contributed by atoms with Crippen LogP contribution in [0.3, 0.4) is 0 Å². The van der Waals surface area contributed by atoms with Crippen LogP contribution in [-0.2, 0) is 23.8 Å². The predicted molar refractivity (Wildman–Crippen MR) is 148 cm³/mol. The summed E-state index contributed by atoms with van der Waals surface area (Å²) in [6.07, 6.45) is -3.75. The van der Waals surface area contributed by atoms with Gasteiger partial charge in [-0.1, -0.05) is 0 Å². The highest BCUT2D eigenvalue weighted by molar-refractivity contribution is 5.88. The van der Waals surface area contributed by atoms with E-state index in [9.17, 15) is 45.3 Å². The Bertz CT molecular complexity index is 1500. The summed E-state index contributed by atoms with van der Waals surface area (Å²) in [5.74, 6) is -2.57. The highest BCUT2D eigenvalue weighted by Gasteiger charge is 2.48. The van der Waals surface area contributed by atoms with E-state index in [1.54, 1.807) is 0 Å². The number of carbonyl (C=O) groups is 2.